The number of hydrogen-bond donors (Lipinski definition) is 3. The number of ether oxygens (including phenoxy) is 2. The fourth-order valence-electron chi connectivity index (χ4n) is 6.71. The van der Waals surface area contributed by atoms with E-state index in [1.54, 1.807) is 0 Å². The Morgan fingerprint density at radius 3 is 2.33 bits per heavy atom. The van der Waals surface area contributed by atoms with E-state index < -0.39 is 23.1 Å². The van der Waals surface area contributed by atoms with E-state index in [1.807, 2.05) is 6.92 Å². The molecule has 0 aliphatic heterocycles. The lowest BCUT2D eigenvalue weighted by Gasteiger charge is -2.36. The molecule has 4 rings (SSSR count). The number of carbonyl (C=O) groups excluding carboxylic acids is 2. The van der Waals surface area contributed by atoms with Crippen molar-refractivity contribution in [3.05, 3.63) is 23.5 Å². The maximum atomic E-state index is 15.0. The first-order valence-corrected chi connectivity index (χ1v) is 14.2. The third kappa shape index (κ3) is 6.17. The van der Waals surface area contributed by atoms with E-state index in [4.69, 9.17) is 9.47 Å². The Hall–Kier alpha value is -2.84. The van der Waals surface area contributed by atoms with Gasteiger partial charge >= 0.3 is 5.97 Å². The predicted octanol–water partition coefficient (Wildman–Crippen LogP) is 4.94. The second-order valence-corrected chi connectivity index (χ2v) is 12.9. The number of nitrogens with one attached hydrogen (secondary N) is 2. The van der Waals surface area contributed by atoms with Gasteiger partial charge in [0.2, 0.25) is 5.91 Å². The molecule has 0 aromatic heterocycles. The van der Waals surface area contributed by atoms with Crippen LogP contribution in [0.15, 0.2) is 12.1 Å². The van der Waals surface area contributed by atoms with Crippen LogP contribution in [0.4, 0.5) is 4.39 Å². The van der Waals surface area contributed by atoms with E-state index in [9.17, 15) is 23.9 Å². The number of benzene rings is 1. The van der Waals surface area contributed by atoms with Crippen molar-refractivity contribution in [1.29, 1.82) is 0 Å². The van der Waals surface area contributed by atoms with Crippen molar-refractivity contribution >= 4 is 17.8 Å². The normalized spacial score (nSPS) is 30.1. The van der Waals surface area contributed by atoms with Gasteiger partial charge in [0, 0.05) is 18.7 Å². The highest BCUT2D eigenvalue weighted by atomic mass is 19.1. The molecule has 4 atom stereocenters. The smallest absolute Gasteiger partial charge is 0.309 e. The zero-order valence-corrected chi connectivity index (χ0v) is 23.8. The molecule has 3 aliphatic carbocycles. The predicted molar refractivity (Wildman–Crippen MR) is 144 cm³/mol. The van der Waals surface area contributed by atoms with Crippen LogP contribution in [-0.4, -0.2) is 48.7 Å². The summed E-state index contributed by atoms with van der Waals surface area (Å²) >= 11 is 0. The molecule has 4 unspecified atom stereocenters. The summed E-state index contributed by atoms with van der Waals surface area (Å²) in [6, 6.07) is 2.21. The molecular weight excluding hydrogens is 503 g/mol. The second kappa shape index (κ2) is 11.3. The van der Waals surface area contributed by atoms with Gasteiger partial charge in [-0.2, -0.15) is 0 Å². The van der Waals surface area contributed by atoms with Gasteiger partial charge in [0.05, 0.1) is 30.1 Å². The molecule has 0 radical (unpaired) electrons. The zero-order chi connectivity index (χ0) is 28.5. The van der Waals surface area contributed by atoms with Crippen LogP contribution in [0.5, 0.6) is 11.5 Å². The number of amides is 2. The molecule has 1 aromatic rings. The Kier molecular flexibility index (Phi) is 8.47. The molecule has 8 nitrogen and oxygen atoms in total. The number of carbonyl (C=O) groups is 3. The maximum absolute atomic E-state index is 15.0. The molecule has 1 aromatic carbocycles. The Morgan fingerprint density at radius 2 is 1.74 bits per heavy atom. The van der Waals surface area contributed by atoms with Crippen molar-refractivity contribution in [2.75, 3.05) is 13.7 Å². The summed E-state index contributed by atoms with van der Waals surface area (Å²) in [7, 11) is 1.38. The number of methoxy groups -OCH3 is 1. The van der Waals surface area contributed by atoms with E-state index in [0.717, 1.165) is 25.3 Å². The highest BCUT2D eigenvalue weighted by molar-refractivity contribution is 5.98. The molecule has 3 N–H and O–H groups in total. The van der Waals surface area contributed by atoms with Crippen LogP contribution in [0.2, 0.25) is 0 Å². The first kappa shape index (κ1) is 29.2. The summed E-state index contributed by atoms with van der Waals surface area (Å²) in [6.45, 7) is 8.62. The van der Waals surface area contributed by atoms with Crippen LogP contribution in [0.1, 0.15) is 89.4 Å². The number of rotatable bonds is 9. The molecule has 216 valence electrons. The third-order valence-electron chi connectivity index (χ3n) is 9.12. The van der Waals surface area contributed by atoms with Gasteiger partial charge in [-0.15, -0.1) is 0 Å². The average Bonchev–Trinajstić information content (AvgIpc) is 3.50. The van der Waals surface area contributed by atoms with Gasteiger partial charge in [-0.05, 0) is 74.7 Å². The summed E-state index contributed by atoms with van der Waals surface area (Å²) in [5.74, 6) is -1.71. The third-order valence-corrected chi connectivity index (χ3v) is 9.12. The summed E-state index contributed by atoms with van der Waals surface area (Å²) < 4.78 is 26.3. The van der Waals surface area contributed by atoms with Gasteiger partial charge in [0.1, 0.15) is 5.75 Å². The van der Waals surface area contributed by atoms with Gasteiger partial charge in [-0.25, -0.2) is 4.39 Å². The van der Waals surface area contributed by atoms with Crippen LogP contribution < -0.4 is 20.1 Å². The van der Waals surface area contributed by atoms with Crippen LogP contribution >= 0.6 is 0 Å². The van der Waals surface area contributed by atoms with E-state index in [0.29, 0.717) is 38.6 Å². The van der Waals surface area contributed by atoms with Crippen molar-refractivity contribution in [1.82, 2.24) is 10.6 Å². The van der Waals surface area contributed by atoms with Gasteiger partial charge in [0.25, 0.3) is 5.91 Å². The molecular formula is C30H43FN2O6. The van der Waals surface area contributed by atoms with Crippen LogP contribution in [0.3, 0.4) is 0 Å². The average molecular weight is 547 g/mol. The topological polar surface area (TPSA) is 114 Å². The maximum Gasteiger partial charge on any atom is 0.309 e. The van der Waals surface area contributed by atoms with Crippen molar-refractivity contribution in [2.45, 2.75) is 91.2 Å². The number of fused-ring (bicyclic) bond motifs is 2. The molecule has 3 fully saturated rings. The minimum Gasteiger partial charge on any atom is -0.496 e. The van der Waals surface area contributed by atoms with E-state index in [-0.39, 0.29) is 58.3 Å². The molecule has 0 heterocycles. The first-order chi connectivity index (χ1) is 18.4. The summed E-state index contributed by atoms with van der Waals surface area (Å²) in [4.78, 5) is 38.5. The van der Waals surface area contributed by atoms with Crippen molar-refractivity contribution < 1.29 is 33.4 Å². The summed E-state index contributed by atoms with van der Waals surface area (Å²) in [6.07, 6.45) is 4.93. The number of hydrogen-bond acceptors (Lipinski definition) is 5. The van der Waals surface area contributed by atoms with Gasteiger partial charge < -0.3 is 25.2 Å². The van der Waals surface area contributed by atoms with E-state index in [1.165, 1.54) is 13.2 Å². The second-order valence-electron chi connectivity index (χ2n) is 12.9. The molecule has 2 bridgehead atoms. The quantitative estimate of drug-likeness (QED) is 0.404. The largest absolute Gasteiger partial charge is 0.496 e. The Morgan fingerprint density at radius 1 is 1.08 bits per heavy atom. The van der Waals surface area contributed by atoms with Crippen LogP contribution in [0.25, 0.3) is 0 Å². The van der Waals surface area contributed by atoms with Gasteiger partial charge in [-0.1, -0.05) is 27.7 Å². The molecule has 2 amide bonds. The number of halogens is 1. The van der Waals surface area contributed by atoms with E-state index >= 15 is 0 Å². The lowest BCUT2D eigenvalue weighted by molar-refractivity contribution is -0.152. The minimum absolute atomic E-state index is 0.0284. The molecule has 9 heteroatoms. The van der Waals surface area contributed by atoms with Crippen LogP contribution in [0, 0.1) is 34.4 Å². The molecule has 3 saturated carbocycles. The van der Waals surface area contributed by atoms with E-state index in [2.05, 4.69) is 31.4 Å². The Bertz CT molecular complexity index is 1090. The summed E-state index contributed by atoms with van der Waals surface area (Å²) in [5.41, 5.74) is -0.664. The summed E-state index contributed by atoms with van der Waals surface area (Å²) in [5, 5.41) is 15.8. The fourth-order valence-corrected chi connectivity index (χ4v) is 6.71. The SMILES string of the molecule is CCC1(C(=O)O)CCC(Oc2cc(C(=O)NC3C4CCC(C4)C3C(=O)NCC(C)(C)C)c(OC)cc2F)CC1. The number of carboxylic acids is 1. The lowest BCUT2D eigenvalue weighted by Crippen LogP contribution is -2.50. The van der Waals surface area contributed by atoms with Crippen molar-refractivity contribution in [3.8, 4) is 11.5 Å². The number of aliphatic carboxylic acids is 1. The lowest BCUT2D eigenvalue weighted by atomic mass is 9.71. The zero-order valence-electron chi connectivity index (χ0n) is 23.8. The Labute approximate surface area is 230 Å². The highest BCUT2D eigenvalue weighted by Gasteiger charge is 2.51. The molecule has 3 aliphatic rings. The van der Waals surface area contributed by atoms with Gasteiger partial charge in [-0.3, -0.25) is 14.4 Å². The molecule has 0 saturated heterocycles. The minimum atomic E-state index is -0.802. The molecule has 0 spiro atoms. The fraction of sp³-hybridized carbons (Fsp3) is 0.700. The number of carboxylic acid groups (broad SMARTS) is 1. The monoisotopic (exact) mass is 546 g/mol. The Balaban J connectivity index is 1.48. The molecule has 39 heavy (non-hydrogen) atoms. The van der Waals surface area contributed by atoms with Crippen molar-refractivity contribution in [2.24, 2.45) is 28.6 Å². The highest BCUT2D eigenvalue weighted by Crippen LogP contribution is 2.49. The van der Waals surface area contributed by atoms with Crippen LogP contribution in [-0.2, 0) is 9.59 Å². The van der Waals surface area contributed by atoms with Gasteiger partial charge in [0.15, 0.2) is 11.6 Å². The first-order valence-electron chi connectivity index (χ1n) is 14.2. The standard InChI is InChI=1S/C30H43FN2O6/c1-6-30(28(36)37)11-9-19(10-12-30)39-23-14-20(22(38-5)15-21(23)31)26(34)33-25-18-8-7-17(13-18)24(25)27(35)32-16-29(2,3)4/h14-15,17-19,24-25H,6-13,16H2,1-5H3,(H,32,35)(H,33,34)(H,36,37). The van der Waals surface area contributed by atoms with Crippen molar-refractivity contribution in [3.63, 3.8) is 0 Å².